The predicted molar refractivity (Wildman–Crippen MR) is 56.5 cm³/mol. The minimum atomic E-state index is -0.238. The van der Waals surface area contributed by atoms with E-state index in [1.807, 2.05) is 11.8 Å². The number of rotatable bonds is 6. The van der Waals surface area contributed by atoms with Crippen molar-refractivity contribution in [3.63, 3.8) is 0 Å². The quantitative estimate of drug-likeness (QED) is 0.617. The molecular weight excluding hydrogens is 194 g/mol. The summed E-state index contributed by atoms with van der Waals surface area (Å²) in [4.78, 5) is 24.5. The first-order chi connectivity index (χ1) is 7.06. The second kappa shape index (κ2) is 5.26. The number of carbonyl (C=O) groups excluding carboxylic acids is 2. The van der Waals surface area contributed by atoms with Crippen molar-refractivity contribution in [2.24, 2.45) is 0 Å². The molecule has 0 aromatic rings. The van der Waals surface area contributed by atoms with Gasteiger partial charge in [-0.05, 0) is 33.6 Å². The standard InChI is InChI=1S/C11H19NO3/c1-4-15-11(14)7-12(10-5-6-10)8(2)9(3)13/h8,10H,4-7H2,1-3H3. The summed E-state index contributed by atoms with van der Waals surface area (Å²) < 4.78 is 4.89. The Kier molecular flexibility index (Phi) is 4.27. The van der Waals surface area contributed by atoms with Gasteiger partial charge in [-0.25, -0.2) is 0 Å². The van der Waals surface area contributed by atoms with Crippen molar-refractivity contribution in [3.8, 4) is 0 Å². The number of carbonyl (C=O) groups is 2. The van der Waals surface area contributed by atoms with Crippen molar-refractivity contribution in [2.45, 2.75) is 45.7 Å². The van der Waals surface area contributed by atoms with Crippen LogP contribution in [0, 0.1) is 0 Å². The molecule has 1 aliphatic rings. The lowest BCUT2D eigenvalue weighted by atomic mass is 10.2. The van der Waals surface area contributed by atoms with Gasteiger partial charge in [-0.3, -0.25) is 14.5 Å². The van der Waals surface area contributed by atoms with Crippen LogP contribution >= 0.6 is 0 Å². The van der Waals surface area contributed by atoms with E-state index in [2.05, 4.69) is 0 Å². The number of hydrogen-bond acceptors (Lipinski definition) is 4. The van der Waals surface area contributed by atoms with Crippen molar-refractivity contribution in [3.05, 3.63) is 0 Å². The van der Waals surface area contributed by atoms with E-state index in [1.165, 1.54) is 0 Å². The van der Waals surface area contributed by atoms with Gasteiger partial charge < -0.3 is 4.74 Å². The Hall–Kier alpha value is -0.900. The van der Waals surface area contributed by atoms with Crippen LogP contribution in [0.2, 0.25) is 0 Å². The van der Waals surface area contributed by atoms with Gasteiger partial charge >= 0.3 is 5.97 Å². The highest BCUT2D eigenvalue weighted by atomic mass is 16.5. The summed E-state index contributed by atoms with van der Waals surface area (Å²) in [6, 6.07) is 0.218. The van der Waals surface area contributed by atoms with E-state index in [0.29, 0.717) is 12.6 Å². The molecular formula is C11H19NO3. The van der Waals surface area contributed by atoms with Crippen LogP contribution in [0.5, 0.6) is 0 Å². The van der Waals surface area contributed by atoms with E-state index in [1.54, 1.807) is 13.8 Å². The molecule has 1 rings (SSSR count). The molecule has 0 saturated heterocycles. The lowest BCUT2D eigenvalue weighted by Crippen LogP contribution is -2.43. The molecule has 4 nitrogen and oxygen atoms in total. The number of Topliss-reactive ketones (excluding diaryl/α,β-unsaturated/α-hetero) is 1. The second-order valence-corrected chi connectivity index (χ2v) is 4.00. The summed E-state index contributed by atoms with van der Waals surface area (Å²) >= 11 is 0. The Morgan fingerprint density at radius 2 is 2.07 bits per heavy atom. The maximum absolute atomic E-state index is 11.3. The van der Waals surface area contributed by atoms with Crippen molar-refractivity contribution in [2.75, 3.05) is 13.2 Å². The Morgan fingerprint density at radius 3 is 2.47 bits per heavy atom. The van der Waals surface area contributed by atoms with Gasteiger partial charge in [-0.1, -0.05) is 0 Å². The number of ether oxygens (including phenoxy) is 1. The highest BCUT2D eigenvalue weighted by Crippen LogP contribution is 2.28. The summed E-state index contributed by atoms with van der Waals surface area (Å²) in [5, 5.41) is 0. The van der Waals surface area contributed by atoms with Crippen molar-refractivity contribution < 1.29 is 14.3 Å². The molecule has 0 aromatic heterocycles. The van der Waals surface area contributed by atoms with Gasteiger partial charge in [0, 0.05) is 6.04 Å². The van der Waals surface area contributed by atoms with Gasteiger partial charge in [0.05, 0.1) is 19.2 Å². The van der Waals surface area contributed by atoms with Crippen LogP contribution in [-0.2, 0) is 14.3 Å². The normalized spacial score (nSPS) is 17.6. The van der Waals surface area contributed by atoms with E-state index in [0.717, 1.165) is 12.8 Å². The first-order valence-corrected chi connectivity index (χ1v) is 5.48. The second-order valence-electron chi connectivity index (χ2n) is 4.00. The highest BCUT2D eigenvalue weighted by Gasteiger charge is 2.35. The molecule has 1 aliphatic carbocycles. The molecule has 0 aromatic carbocycles. The SMILES string of the molecule is CCOC(=O)CN(C1CC1)C(C)C(C)=O. The van der Waals surface area contributed by atoms with Crippen LogP contribution in [0.15, 0.2) is 0 Å². The molecule has 1 saturated carbocycles. The monoisotopic (exact) mass is 213 g/mol. The summed E-state index contributed by atoms with van der Waals surface area (Å²) in [6.07, 6.45) is 2.16. The van der Waals surface area contributed by atoms with Gasteiger partial charge in [0.2, 0.25) is 0 Å². The van der Waals surface area contributed by atoms with Gasteiger partial charge in [-0.2, -0.15) is 0 Å². The molecule has 1 atom stereocenters. The number of esters is 1. The molecule has 0 spiro atoms. The summed E-state index contributed by atoms with van der Waals surface area (Å²) in [7, 11) is 0. The van der Waals surface area contributed by atoms with Gasteiger partial charge in [-0.15, -0.1) is 0 Å². The fraction of sp³-hybridized carbons (Fsp3) is 0.818. The largest absolute Gasteiger partial charge is 0.465 e. The third kappa shape index (κ3) is 3.63. The fourth-order valence-corrected chi connectivity index (χ4v) is 1.58. The molecule has 0 amide bonds. The highest BCUT2D eigenvalue weighted by molar-refractivity contribution is 5.82. The number of ketones is 1. The maximum atomic E-state index is 11.3. The summed E-state index contributed by atoms with van der Waals surface area (Å²) in [5.41, 5.74) is 0. The third-order valence-electron chi connectivity index (χ3n) is 2.72. The lowest BCUT2D eigenvalue weighted by molar-refractivity contribution is -0.145. The molecule has 1 fully saturated rings. The van der Waals surface area contributed by atoms with E-state index in [4.69, 9.17) is 4.74 Å². The Balaban J connectivity index is 2.50. The first-order valence-electron chi connectivity index (χ1n) is 5.48. The topological polar surface area (TPSA) is 46.6 Å². The molecule has 0 N–H and O–H groups in total. The minimum Gasteiger partial charge on any atom is -0.465 e. The van der Waals surface area contributed by atoms with Crippen molar-refractivity contribution in [1.29, 1.82) is 0 Å². The van der Waals surface area contributed by atoms with Crippen molar-refractivity contribution in [1.82, 2.24) is 4.90 Å². The first kappa shape index (κ1) is 12.2. The van der Waals surface area contributed by atoms with Crippen molar-refractivity contribution >= 4 is 11.8 Å². The zero-order valence-corrected chi connectivity index (χ0v) is 9.66. The van der Waals surface area contributed by atoms with E-state index in [-0.39, 0.29) is 24.3 Å². The molecule has 86 valence electrons. The summed E-state index contributed by atoms with van der Waals surface area (Å²) in [6.45, 7) is 5.82. The number of nitrogens with zero attached hydrogens (tertiary/aromatic N) is 1. The van der Waals surface area contributed by atoms with Gasteiger partial charge in [0.15, 0.2) is 0 Å². The zero-order valence-electron chi connectivity index (χ0n) is 9.66. The van der Waals surface area contributed by atoms with E-state index < -0.39 is 0 Å². The van der Waals surface area contributed by atoms with Crippen LogP contribution in [0.3, 0.4) is 0 Å². The predicted octanol–water partition coefficient (Wildman–Crippen LogP) is 0.991. The van der Waals surface area contributed by atoms with Crippen LogP contribution in [0.4, 0.5) is 0 Å². The molecule has 0 bridgehead atoms. The lowest BCUT2D eigenvalue weighted by Gasteiger charge is -2.25. The Morgan fingerprint density at radius 1 is 1.47 bits per heavy atom. The molecule has 0 heterocycles. The van der Waals surface area contributed by atoms with Gasteiger partial charge in [0.25, 0.3) is 0 Å². The molecule has 0 aliphatic heterocycles. The van der Waals surface area contributed by atoms with E-state index >= 15 is 0 Å². The average Bonchev–Trinajstić information content (AvgIpc) is 2.96. The fourth-order valence-electron chi connectivity index (χ4n) is 1.58. The van der Waals surface area contributed by atoms with Crippen LogP contribution in [-0.4, -0.2) is 41.9 Å². The number of hydrogen-bond donors (Lipinski definition) is 0. The Labute approximate surface area is 90.6 Å². The maximum Gasteiger partial charge on any atom is 0.320 e. The van der Waals surface area contributed by atoms with Crippen LogP contribution < -0.4 is 0 Å². The molecule has 1 unspecified atom stereocenters. The van der Waals surface area contributed by atoms with Crippen LogP contribution in [0.1, 0.15) is 33.6 Å². The Bertz CT molecular complexity index is 248. The average molecular weight is 213 g/mol. The minimum absolute atomic E-state index is 0.103. The van der Waals surface area contributed by atoms with Crippen LogP contribution in [0.25, 0.3) is 0 Å². The zero-order chi connectivity index (χ0) is 11.4. The van der Waals surface area contributed by atoms with Gasteiger partial charge in [0.1, 0.15) is 5.78 Å². The van der Waals surface area contributed by atoms with E-state index in [9.17, 15) is 9.59 Å². The molecule has 0 radical (unpaired) electrons. The smallest absolute Gasteiger partial charge is 0.320 e. The molecule has 15 heavy (non-hydrogen) atoms. The molecule has 4 heteroatoms. The summed E-state index contributed by atoms with van der Waals surface area (Å²) in [5.74, 6) is -0.135. The third-order valence-corrected chi connectivity index (χ3v) is 2.72.